The van der Waals surface area contributed by atoms with Crippen molar-refractivity contribution >= 4 is 16.9 Å². The van der Waals surface area contributed by atoms with E-state index in [1.807, 2.05) is 11.5 Å². The average Bonchev–Trinajstić information content (AvgIpc) is 3.33. The van der Waals surface area contributed by atoms with Crippen LogP contribution in [0.5, 0.6) is 5.88 Å². The Morgan fingerprint density at radius 3 is 2.87 bits per heavy atom. The van der Waals surface area contributed by atoms with Crippen LogP contribution in [-0.4, -0.2) is 68.0 Å². The molecule has 0 radical (unpaired) electrons. The van der Waals surface area contributed by atoms with Crippen LogP contribution in [0.15, 0.2) is 10.7 Å². The number of nitrogens with zero attached hydrogens (tertiary/aromatic N) is 5. The fraction of sp³-hybridized carbons (Fsp3) is 0.500. The number of nitrogen functional groups attached to an aromatic ring is 1. The minimum atomic E-state index is -1.19. The van der Waals surface area contributed by atoms with E-state index in [1.165, 1.54) is 0 Å². The van der Waals surface area contributed by atoms with Crippen molar-refractivity contribution in [2.45, 2.75) is 39.0 Å². The number of morpholine rings is 1. The Balaban J connectivity index is 1.79. The molecule has 11 nitrogen and oxygen atoms in total. The number of imidazole rings is 1. The molecule has 1 unspecified atom stereocenters. The van der Waals surface area contributed by atoms with E-state index in [4.69, 9.17) is 19.8 Å². The molecule has 1 fully saturated rings. The molecule has 1 saturated heterocycles. The molecular weight excluding hydrogens is 402 g/mol. The molecular formula is C20H25N7O4. The summed E-state index contributed by atoms with van der Waals surface area (Å²) in [5.74, 6) is 6.73. The van der Waals surface area contributed by atoms with Crippen LogP contribution >= 0.6 is 0 Å². The van der Waals surface area contributed by atoms with Gasteiger partial charge in [-0.1, -0.05) is 5.92 Å². The molecule has 1 atom stereocenters. The molecule has 0 aromatic carbocycles. The van der Waals surface area contributed by atoms with Crippen LogP contribution in [0.2, 0.25) is 0 Å². The Hall–Kier alpha value is -3.20. The smallest absolute Gasteiger partial charge is 0.216 e. The molecule has 1 aliphatic heterocycles. The molecule has 0 aliphatic carbocycles. The second-order valence-corrected chi connectivity index (χ2v) is 7.67. The van der Waals surface area contributed by atoms with Crippen LogP contribution in [0.25, 0.3) is 22.6 Å². The topological polar surface area (TPSA) is 146 Å². The lowest BCUT2D eigenvalue weighted by Gasteiger charge is -2.23. The van der Waals surface area contributed by atoms with E-state index in [9.17, 15) is 5.11 Å². The number of ether oxygens (including phenoxy) is 2. The molecule has 11 heteroatoms. The molecule has 3 aromatic heterocycles. The van der Waals surface area contributed by atoms with Crippen molar-refractivity contribution < 1.29 is 19.2 Å². The van der Waals surface area contributed by atoms with Crippen molar-refractivity contribution in [3.63, 3.8) is 0 Å². The highest BCUT2D eigenvalue weighted by Crippen LogP contribution is 2.29. The third-order valence-electron chi connectivity index (χ3n) is 4.66. The maximum Gasteiger partial charge on any atom is 0.216 e. The van der Waals surface area contributed by atoms with E-state index >= 15 is 0 Å². The van der Waals surface area contributed by atoms with Gasteiger partial charge in [0.15, 0.2) is 17.3 Å². The van der Waals surface area contributed by atoms with Gasteiger partial charge in [-0.3, -0.25) is 0 Å². The van der Waals surface area contributed by atoms with Crippen LogP contribution in [0, 0.1) is 11.8 Å². The van der Waals surface area contributed by atoms with Gasteiger partial charge >= 0.3 is 0 Å². The average molecular weight is 427 g/mol. The van der Waals surface area contributed by atoms with Crippen LogP contribution in [0.3, 0.4) is 0 Å². The van der Waals surface area contributed by atoms with E-state index in [-0.39, 0.29) is 11.9 Å². The van der Waals surface area contributed by atoms with Crippen molar-refractivity contribution in [1.82, 2.24) is 30.2 Å². The van der Waals surface area contributed by atoms with Gasteiger partial charge in [0.25, 0.3) is 0 Å². The fourth-order valence-corrected chi connectivity index (χ4v) is 3.23. The number of hydrogen-bond donors (Lipinski definition) is 3. The molecule has 0 bridgehead atoms. The SMILES string of the molecule is CCn1c(-c2nonc2N)nc2c(C#CC(C)(C)O)nc(OCC3CNCCO3)cc21. The molecule has 4 rings (SSSR count). The number of nitrogens with one attached hydrogen (secondary N) is 1. The predicted octanol–water partition coefficient (Wildman–Crippen LogP) is 0.573. The van der Waals surface area contributed by atoms with Gasteiger partial charge in [0.1, 0.15) is 29.5 Å². The van der Waals surface area contributed by atoms with E-state index in [0.29, 0.717) is 54.9 Å². The Morgan fingerprint density at radius 1 is 1.39 bits per heavy atom. The number of aliphatic hydroxyl groups is 1. The molecule has 4 heterocycles. The minimum absolute atomic E-state index is 0.0650. The molecule has 0 saturated carbocycles. The predicted molar refractivity (Wildman–Crippen MR) is 112 cm³/mol. The third-order valence-corrected chi connectivity index (χ3v) is 4.66. The summed E-state index contributed by atoms with van der Waals surface area (Å²) in [4.78, 5) is 9.19. The number of nitrogens with two attached hydrogens (primary N) is 1. The van der Waals surface area contributed by atoms with Crippen LogP contribution in [-0.2, 0) is 11.3 Å². The van der Waals surface area contributed by atoms with E-state index in [1.54, 1.807) is 19.9 Å². The number of hydrogen-bond acceptors (Lipinski definition) is 10. The first-order valence-corrected chi connectivity index (χ1v) is 10.1. The minimum Gasteiger partial charge on any atom is -0.475 e. The van der Waals surface area contributed by atoms with Crippen LogP contribution in [0.1, 0.15) is 26.5 Å². The molecule has 31 heavy (non-hydrogen) atoms. The summed E-state index contributed by atoms with van der Waals surface area (Å²) in [6.45, 7) is 8.28. The van der Waals surface area contributed by atoms with Crippen molar-refractivity contribution in [3.05, 3.63) is 11.8 Å². The van der Waals surface area contributed by atoms with Crippen molar-refractivity contribution in [3.8, 4) is 29.2 Å². The maximum atomic E-state index is 10.1. The van der Waals surface area contributed by atoms with Crippen LogP contribution in [0.4, 0.5) is 5.82 Å². The fourth-order valence-electron chi connectivity index (χ4n) is 3.23. The zero-order valence-electron chi connectivity index (χ0n) is 17.7. The quantitative estimate of drug-likeness (QED) is 0.494. The first kappa shape index (κ1) is 21.0. The molecule has 3 aromatic rings. The van der Waals surface area contributed by atoms with Crippen molar-refractivity contribution in [2.24, 2.45) is 0 Å². The van der Waals surface area contributed by atoms with Gasteiger partial charge in [-0.15, -0.1) is 0 Å². The number of rotatable bonds is 5. The summed E-state index contributed by atoms with van der Waals surface area (Å²) in [5.41, 5.74) is 6.70. The first-order valence-electron chi connectivity index (χ1n) is 10.1. The lowest BCUT2D eigenvalue weighted by molar-refractivity contribution is -0.000720. The lowest BCUT2D eigenvalue weighted by Crippen LogP contribution is -2.41. The van der Waals surface area contributed by atoms with Gasteiger partial charge in [0.05, 0.1) is 12.1 Å². The number of anilines is 1. The zero-order chi connectivity index (χ0) is 22.0. The van der Waals surface area contributed by atoms with Gasteiger partial charge in [0.2, 0.25) is 5.88 Å². The van der Waals surface area contributed by atoms with Gasteiger partial charge in [-0.2, -0.15) is 0 Å². The second kappa shape index (κ2) is 8.50. The second-order valence-electron chi connectivity index (χ2n) is 7.67. The lowest BCUT2D eigenvalue weighted by atomic mass is 10.1. The highest BCUT2D eigenvalue weighted by Gasteiger charge is 2.22. The third kappa shape index (κ3) is 4.61. The highest BCUT2D eigenvalue weighted by molar-refractivity contribution is 5.86. The number of pyridine rings is 1. The Bertz CT molecular complexity index is 1130. The van der Waals surface area contributed by atoms with Crippen molar-refractivity contribution in [1.29, 1.82) is 0 Å². The summed E-state index contributed by atoms with van der Waals surface area (Å²) in [5, 5.41) is 20.9. The van der Waals surface area contributed by atoms with Crippen molar-refractivity contribution in [2.75, 3.05) is 32.0 Å². The summed E-state index contributed by atoms with van der Waals surface area (Å²) in [6, 6.07) is 1.80. The largest absolute Gasteiger partial charge is 0.475 e. The van der Waals surface area contributed by atoms with E-state index in [2.05, 4.69) is 37.4 Å². The number of aromatic nitrogens is 5. The summed E-state index contributed by atoms with van der Waals surface area (Å²) < 4.78 is 18.3. The van der Waals surface area contributed by atoms with E-state index < -0.39 is 5.60 Å². The highest BCUT2D eigenvalue weighted by atomic mass is 16.6. The monoisotopic (exact) mass is 427 g/mol. The van der Waals surface area contributed by atoms with Gasteiger partial charge in [0, 0.05) is 25.7 Å². The van der Waals surface area contributed by atoms with Gasteiger partial charge in [-0.05, 0) is 37.0 Å². The summed E-state index contributed by atoms with van der Waals surface area (Å²) >= 11 is 0. The molecule has 4 N–H and O–H groups in total. The summed E-state index contributed by atoms with van der Waals surface area (Å²) in [7, 11) is 0. The van der Waals surface area contributed by atoms with Crippen LogP contribution < -0.4 is 15.8 Å². The van der Waals surface area contributed by atoms with Gasteiger partial charge < -0.3 is 30.2 Å². The number of aryl methyl sites for hydroxylation is 1. The molecule has 164 valence electrons. The van der Waals surface area contributed by atoms with Gasteiger partial charge in [-0.25, -0.2) is 14.6 Å². The summed E-state index contributed by atoms with van der Waals surface area (Å²) in [6.07, 6.45) is -0.0650. The maximum absolute atomic E-state index is 10.1. The zero-order valence-corrected chi connectivity index (χ0v) is 17.7. The Morgan fingerprint density at radius 2 is 2.23 bits per heavy atom. The van der Waals surface area contributed by atoms with E-state index in [0.717, 1.165) is 12.1 Å². The Labute approximate surface area is 178 Å². The number of fused-ring (bicyclic) bond motifs is 1. The normalized spacial score (nSPS) is 16.8. The molecule has 1 aliphatic rings. The molecule has 0 amide bonds. The Kier molecular flexibility index (Phi) is 5.77. The first-order chi connectivity index (χ1) is 14.9. The molecule has 0 spiro atoms. The standard InChI is InChI=1S/C20H25N7O4/c1-4-27-14-9-15(30-11-12-10-22-7-8-29-12)23-13(5-6-20(2,3)28)16(14)24-19(27)17-18(21)26-31-25-17/h9,12,22,28H,4,7-8,10-11H2,1-3H3,(H2,21,26).